The molecule has 0 atom stereocenters. The molecule has 1 aromatic carbocycles. The molecule has 1 amide bonds. The van der Waals surface area contributed by atoms with Crippen LogP contribution in [0.15, 0.2) is 18.2 Å². The van der Waals surface area contributed by atoms with Crippen LogP contribution in [-0.2, 0) is 11.2 Å². The van der Waals surface area contributed by atoms with Gasteiger partial charge in [0.2, 0.25) is 5.91 Å². The van der Waals surface area contributed by atoms with Crippen LogP contribution in [0.5, 0.6) is 0 Å². The Morgan fingerprint density at radius 3 is 2.53 bits per heavy atom. The highest BCUT2D eigenvalue weighted by Gasteiger charge is 2.07. The second-order valence-electron chi connectivity index (χ2n) is 3.65. The smallest absolute Gasteiger partial charge is 0.224 e. The van der Waals surface area contributed by atoms with Gasteiger partial charge in [0.25, 0.3) is 0 Å². The molecule has 1 N–H and O–H groups in total. The van der Waals surface area contributed by atoms with Gasteiger partial charge < -0.3 is 5.32 Å². The molecule has 0 bridgehead atoms. The molecule has 0 aliphatic heterocycles. The van der Waals surface area contributed by atoms with Gasteiger partial charge in [-0.2, -0.15) is 0 Å². The summed E-state index contributed by atoms with van der Waals surface area (Å²) in [5.74, 6) is -2.02. The second-order valence-corrected chi connectivity index (χ2v) is 3.65. The predicted octanol–water partition coefficient (Wildman–Crippen LogP) is 2.03. The van der Waals surface area contributed by atoms with E-state index in [2.05, 4.69) is 5.32 Å². The average Bonchev–Trinajstić information content (AvgIpc) is 2.10. The first-order valence-electron chi connectivity index (χ1n) is 4.72. The molecule has 0 spiro atoms. The molecule has 0 saturated carbocycles. The van der Waals surface area contributed by atoms with Crippen LogP contribution in [0.3, 0.4) is 0 Å². The number of hydrogen-bond donors (Lipinski definition) is 1. The Kier molecular flexibility index (Phi) is 3.77. The van der Waals surface area contributed by atoms with Crippen LogP contribution in [0.4, 0.5) is 8.78 Å². The van der Waals surface area contributed by atoms with Crippen molar-refractivity contribution in [1.29, 1.82) is 0 Å². The van der Waals surface area contributed by atoms with Crippen LogP contribution in [0.25, 0.3) is 0 Å². The van der Waals surface area contributed by atoms with Crippen LogP contribution in [0, 0.1) is 11.6 Å². The maximum atomic E-state index is 12.8. The zero-order chi connectivity index (χ0) is 11.4. The topological polar surface area (TPSA) is 29.1 Å². The molecule has 4 heteroatoms. The van der Waals surface area contributed by atoms with Crippen LogP contribution in [0.2, 0.25) is 0 Å². The van der Waals surface area contributed by atoms with Gasteiger partial charge in [0.15, 0.2) is 11.6 Å². The van der Waals surface area contributed by atoms with Crippen LogP contribution < -0.4 is 5.32 Å². The van der Waals surface area contributed by atoms with Crippen molar-refractivity contribution in [2.45, 2.75) is 26.3 Å². The number of carbonyl (C=O) groups excluding carboxylic acids is 1. The highest BCUT2D eigenvalue weighted by Crippen LogP contribution is 2.09. The Labute approximate surface area is 87.3 Å². The van der Waals surface area contributed by atoms with E-state index in [1.165, 1.54) is 6.07 Å². The van der Waals surface area contributed by atoms with Gasteiger partial charge in [-0.25, -0.2) is 8.78 Å². The highest BCUT2D eigenvalue weighted by atomic mass is 19.2. The summed E-state index contributed by atoms with van der Waals surface area (Å²) >= 11 is 0. The van der Waals surface area contributed by atoms with Gasteiger partial charge in [0, 0.05) is 6.04 Å². The number of nitrogens with one attached hydrogen (secondary N) is 1. The van der Waals surface area contributed by atoms with Crippen molar-refractivity contribution in [3.63, 3.8) is 0 Å². The minimum absolute atomic E-state index is 0.0443. The fourth-order valence-corrected chi connectivity index (χ4v) is 1.21. The van der Waals surface area contributed by atoms with Gasteiger partial charge >= 0.3 is 0 Å². The normalized spacial score (nSPS) is 10.5. The van der Waals surface area contributed by atoms with Gasteiger partial charge in [-0.15, -0.1) is 0 Å². The van der Waals surface area contributed by atoms with Gasteiger partial charge in [-0.3, -0.25) is 4.79 Å². The Morgan fingerprint density at radius 1 is 1.33 bits per heavy atom. The van der Waals surface area contributed by atoms with Gasteiger partial charge in [0.1, 0.15) is 0 Å². The number of rotatable bonds is 3. The highest BCUT2D eigenvalue weighted by molar-refractivity contribution is 5.78. The second kappa shape index (κ2) is 4.87. The number of carbonyl (C=O) groups is 1. The van der Waals surface area contributed by atoms with Crippen molar-refractivity contribution >= 4 is 5.91 Å². The number of benzene rings is 1. The molecule has 0 fully saturated rings. The van der Waals surface area contributed by atoms with Crippen molar-refractivity contribution < 1.29 is 13.6 Å². The summed E-state index contributed by atoms with van der Waals surface area (Å²) in [4.78, 5) is 11.3. The lowest BCUT2D eigenvalue weighted by Gasteiger charge is -2.08. The molecule has 1 rings (SSSR count). The fourth-order valence-electron chi connectivity index (χ4n) is 1.21. The van der Waals surface area contributed by atoms with Crippen LogP contribution in [-0.4, -0.2) is 11.9 Å². The lowest BCUT2D eigenvalue weighted by Crippen LogP contribution is -2.31. The quantitative estimate of drug-likeness (QED) is 0.817. The molecule has 0 aliphatic rings. The van der Waals surface area contributed by atoms with E-state index in [1.807, 2.05) is 13.8 Å². The third-order valence-electron chi connectivity index (χ3n) is 1.80. The molecule has 82 valence electrons. The molecule has 0 heterocycles. The van der Waals surface area contributed by atoms with Crippen LogP contribution in [0.1, 0.15) is 19.4 Å². The molecular weight excluding hydrogens is 200 g/mol. The van der Waals surface area contributed by atoms with E-state index in [4.69, 9.17) is 0 Å². The van der Waals surface area contributed by atoms with E-state index in [0.29, 0.717) is 5.56 Å². The minimum atomic E-state index is -0.926. The third kappa shape index (κ3) is 3.65. The molecule has 0 aromatic heterocycles. The van der Waals surface area contributed by atoms with Gasteiger partial charge in [0.05, 0.1) is 6.42 Å². The Hall–Kier alpha value is -1.45. The van der Waals surface area contributed by atoms with Crippen molar-refractivity contribution in [3.8, 4) is 0 Å². The zero-order valence-corrected chi connectivity index (χ0v) is 8.68. The van der Waals surface area contributed by atoms with E-state index in [0.717, 1.165) is 12.1 Å². The maximum Gasteiger partial charge on any atom is 0.224 e. The van der Waals surface area contributed by atoms with E-state index >= 15 is 0 Å². The van der Waals surface area contributed by atoms with Crippen molar-refractivity contribution in [1.82, 2.24) is 5.32 Å². The summed E-state index contributed by atoms with van der Waals surface area (Å²) < 4.78 is 25.4. The summed E-state index contributed by atoms with van der Waals surface area (Å²) in [5.41, 5.74) is 0.465. The monoisotopic (exact) mass is 213 g/mol. The lowest BCUT2D eigenvalue weighted by molar-refractivity contribution is -0.120. The molecule has 0 unspecified atom stereocenters. The van der Waals surface area contributed by atoms with E-state index in [-0.39, 0.29) is 18.4 Å². The molecule has 0 radical (unpaired) electrons. The third-order valence-corrected chi connectivity index (χ3v) is 1.80. The van der Waals surface area contributed by atoms with Crippen LogP contribution >= 0.6 is 0 Å². The minimum Gasteiger partial charge on any atom is -0.354 e. The van der Waals surface area contributed by atoms with E-state index < -0.39 is 11.6 Å². The van der Waals surface area contributed by atoms with Gasteiger partial charge in [-0.05, 0) is 31.5 Å². The first kappa shape index (κ1) is 11.6. The molecule has 15 heavy (non-hydrogen) atoms. The lowest BCUT2D eigenvalue weighted by atomic mass is 10.1. The molecule has 0 aliphatic carbocycles. The van der Waals surface area contributed by atoms with Crippen molar-refractivity contribution in [3.05, 3.63) is 35.4 Å². The first-order valence-corrected chi connectivity index (χ1v) is 4.72. The SMILES string of the molecule is CC(C)NC(=O)Cc1ccc(F)c(F)c1. The first-order chi connectivity index (χ1) is 6.99. The number of hydrogen-bond acceptors (Lipinski definition) is 1. The van der Waals surface area contributed by atoms with Gasteiger partial charge in [-0.1, -0.05) is 6.07 Å². The molecule has 1 aromatic rings. The average molecular weight is 213 g/mol. The van der Waals surface area contributed by atoms with Crippen molar-refractivity contribution in [2.24, 2.45) is 0 Å². The largest absolute Gasteiger partial charge is 0.354 e. The summed E-state index contributed by atoms with van der Waals surface area (Å²) in [6.45, 7) is 3.67. The summed E-state index contributed by atoms with van der Waals surface area (Å²) in [6, 6.07) is 3.50. The Bertz CT molecular complexity index is 364. The summed E-state index contributed by atoms with van der Waals surface area (Å²) in [6.07, 6.45) is 0.0649. The zero-order valence-electron chi connectivity index (χ0n) is 8.68. The summed E-state index contributed by atoms with van der Waals surface area (Å²) in [5, 5.41) is 2.67. The fraction of sp³-hybridized carbons (Fsp3) is 0.364. The van der Waals surface area contributed by atoms with Crippen molar-refractivity contribution in [2.75, 3.05) is 0 Å². The standard InChI is InChI=1S/C11H13F2NO/c1-7(2)14-11(15)6-8-3-4-9(12)10(13)5-8/h3-5,7H,6H2,1-2H3,(H,14,15). The van der Waals surface area contributed by atoms with E-state index in [9.17, 15) is 13.6 Å². The number of halogens is 2. The maximum absolute atomic E-state index is 12.8. The Balaban J connectivity index is 2.65. The summed E-state index contributed by atoms with van der Waals surface area (Å²) in [7, 11) is 0. The molecule has 0 saturated heterocycles. The predicted molar refractivity (Wildman–Crippen MR) is 53.3 cm³/mol. The molecule has 2 nitrogen and oxygen atoms in total. The Morgan fingerprint density at radius 2 is 2.00 bits per heavy atom. The number of amides is 1. The molecular formula is C11H13F2NO. The van der Waals surface area contributed by atoms with E-state index in [1.54, 1.807) is 0 Å².